The van der Waals surface area contributed by atoms with Crippen molar-refractivity contribution in [3.05, 3.63) is 40.9 Å². The summed E-state index contributed by atoms with van der Waals surface area (Å²) in [6.07, 6.45) is 0. The van der Waals surface area contributed by atoms with E-state index in [1.807, 2.05) is 0 Å². The Morgan fingerprint density at radius 1 is 1.17 bits per heavy atom. The number of nitrogens with zero attached hydrogens (tertiary/aromatic N) is 2. The van der Waals surface area contributed by atoms with E-state index in [-0.39, 0.29) is 5.82 Å². The van der Waals surface area contributed by atoms with E-state index >= 15 is 0 Å². The first-order chi connectivity index (χ1) is 8.19. The van der Waals surface area contributed by atoms with Crippen molar-refractivity contribution >= 4 is 5.71 Å². The number of hydroxylamine groups is 3. The molecule has 0 unspecified atom stereocenters. The van der Waals surface area contributed by atoms with Crippen LogP contribution in [-0.4, -0.2) is 31.9 Å². The molecule has 0 aliphatic carbocycles. The van der Waals surface area contributed by atoms with Crippen LogP contribution in [-0.2, 0) is 0 Å². The predicted octanol–water partition coefficient (Wildman–Crippen LogP) is 2.34. The van der Waals surface area contributed by atoms with Gasteiger partial charge in [-0.2, -0.15) is 4.74 Å². The molecule has 1 aromatic carbocycles. The largest absolute Gasteiger partial charge is 0.622 e. The molecule has 1 aliphatic rings. The highest BCUT2D eigenvalue weighted by atomic mass is 19.1. The molecule has 1 aromatic rings. The van der Waals surface area contributed by atoms with Gasteiger partial charge in [-0.25, -0.2) is 4.39 Å². The van der Waals surface area contributed by atoms with Gasteiger partial charge in [0.05, 0.1) is 0 Å². The van der Waals surface area contributed by atoms with Crippen molar-refractivity contribution in [2.24, 2.45) is 0 Å². The summed E-state index contributed by atoms with van der Waals surface area (Å²) >= 11 is 0. The Hall–Kier alpha value is -1.46. The Labute approximate surface area is 106 Å². The van der Waals surface area contributed by atoms with E-state index in [0.717, 1.165) is 9.80 Å². The third-order valence-electron chi connectivity index (χ3n) is 3.45. The van der Waals surface area contributed by atoms with Crippen LogP contribution in [0.5, 0.6) is 0 Å². The second-order valence-corrected chi connectivity index (χ2v) is 5.52. The van der Waals surface area contributed by atoms with E-state index in [0.29, 0.717) is 11.3 Å². The first-order valence-corrected chi connectivity index (χ1v) is 5.79. The lowest BCUT2D eigenvalue weighted by atomic mass is 9.93. The molecule has 98 valence electrons. The summed E-state index contributed by atoms with van der Waals surface area (Å²) in [4.78, 5) is 0. The Morgan fingerprint density at radius 3 is 2.06 bits per heavy atom. The van der Waals surface area contributed by atoms with Crippen LogP contribution in [0.15, 0.2) is 24.3 Å². The molecule has 18 heavy (non-hydrogen) atoms. The molecule has 1 heterocycles. The molecular weight excluding hydrogens is 235 g/mol. The Bertz CT molecular complexity index is 506. The maximum atomic E-state index is 12.9. The van der Waals surface area contributed by atoms with Crippen LogP contribution >= 0.6 is 0 Å². The number of hydrogen-bond donors (Lipinski definition) is 1. The number of benzene rings is 1. The van der Waals surface area contributed by atoms with Crippen molar-refractivity contribution in [2.75, 3.05) is 0 Å². The van der Waals surface area contributed by atoms with Crippen molar-refractivity contribution in [1.29, 1.82) is 0 Å². The molecule has 0 fully saturated rings. The molecule has 1 N–H and O–H groups in total. The zero-order valence-electron chi connectivity index (χ0n) is 10.9. The van der Waals surface area contributed by atoms with Gasteiger partial charge in [0.2, 0.25) is 11.4 Å². The summed E-state index contributed by atoms with van der Waals surface area (Å²) in [5.41, 5.74) is -0.841. The van der Waals surface area contributed by atoms with Crippen molar-refractivity contribution in [3.8, 4) is 0 Å². The maximum Gasteiger partial charge on any atom is 0.245 e. The molecule has 5 heteroatoms. The molecule has 4 nitrogen and oxygen atoms in total. The Kier molecular flexibility index (Phi) is 2.72. The fourth-order valence-electron chi connectivity index (χ4n) is 2.47. The maximum absolute atomic E-state index is 12.9. The quantitative estimate of drug-likeness (QED) is 0.616. The van der Waals surface area contributed by atoms with Gasteiger partial charge in [0.1, 0.15) is 11.4 Å². The van der Waals surface area contributed by atoms with Crippen LogP contribution in [0.25, 0.3) is 0 Å². The SMILES string of the molecule is CC1(C)C(c2ccc(F)cc2)=[N+]([O-])C(C)(C)N1O. The minimum absolute atomic E-state index is 0.354. The van der Waals surface area contributed by atoms with Crippen LogP contribution in [0.1, 0.15) is 33.3 Å². The van der Waals surface area contributed by atoms with Crippen molar-refractivity contribution in [1.82, 2.24) is 5.06 Å². The Morgan fingerprint density at radius 2 is 1.67 bits per heavy atom. The van der Waals surface area contributed by atoms with E-state index in [1.54, 1.807) is 39.8 Å². The van der Waals surface area contributed by atoms with Gasteiger partial charge >= 0.3 is 0 Å². The molecule has 0 amide bonds. The summed E-state index contributed by atoms with van der Waals surface area (Å²) in [7, 11) is 0. The molecule has 0 radical (unpaired) electrons. The van der Waals surface area contributed by atoms with Crippen molar-refractivity contribution in [3.63, 3.8) is 0 Å². The average Bonchev–Trinajstić information content (AvgIpc) is 2.40. The lowest BCUT2D eigenvalue weighted by molar-refractivity contribution is -0.580. The van der Waals surface area contributed by atoms with Crippen molar-refractivity contribution < 1.29 is 14.3 Å². The summed E-state index contributed by atoms with van der Waals surface area (Å²) in [5, 5.41) is 23.5. The second kappa shape index (κ2) is 3.76. The van der Waals surface area contributed by atoms with Gasteiger partial charge in [-0.1, -0.05) is 0 Å². The van der Waals surface area contributed by atoms with Gasteiger partial charge in [0.15, 0.2) is 0 Å². The summed E-state index contributed by atoms with van der Waals surface area (Å²) < 4.78 is 13.7. The van der Waals surface area contributed by atoms with Crippen LogP contribution in [0.2, 0.25) is 0 Å². The lowest BCUT2D eigenvalue weighted by Crippen LogP contribution is -2.51. The molecule has 1 aliphatic heterocycles. The number of hydrogen-bond acceptors (Lipinski definition) is 3. The standard InChI is InChI=1S/C13H17FN2O2/c1-12(2)11(9-5-7-10(14)8-6-9)15(17)13(3,4)16(12)18/h5-8,18H,1-4H3. The number of rotatable bonds is 1. The predicted molar refractivity (Wildman–Crippen MR) is 65.9 cm³/mol. The fourth-order valence-corrected chi connectivity index (χ4v) is 2.47. The van der Waals surface area contributed by atoms with E-state index in [4.69, 9.17) is 0 Å². The molecule has 2 rings (SSSR count). The summed E-state index contributed by atoms with van der Waals surface area (Å²) in [6.45, 7) is 6.78. The molecule has 0 bridgehead atoms. The van der Waals surface area contributed by atoms with E-state index in [9.17, 15) is 14.8 Å². The van der Waals surface area contributed by atoms with Crippen LogP contribution < -0.4 is 0 Å². The third-order valence-corrected chi connectivity index (χ3v) is 3.45. The highest BCUT2D eigenvalue weighted by molar-refractivity contribution is 6.04. The van der Waals surface area contributed by atoms with E-state index < -0.39 is 11.2 Å². The van der Waals surface area contributed by atoms with Gasteiger partial charge in [0, 0.05) is 19.4 Å². The van der Waals surface area contributed by atoms with Crippen LogP contribution in [0.4, 0.5) is 4.39 Å². The van der Waals surface area contributed by atoms with Gasteiger partial charge in [-0.3, -0.25) is 0 Å². The third kappa shape index (κ3) is 1.62. The molecular formula is C13H17FN2O2. The average molecular weight is 252 g/mol. The molecule has 0 spiro atoms. The van der Waals surface area contributed by atoms with Crippen LogP contribution in [0.3, 0.4) is 0 Å². The number of halogens is 1. The van der Waals surface area contributed by atoms with Gasteiger partial charge in [-0.05, 0) is 38.1 Å². The van der Waals surface area contributed by atoms with Gasteiger partial charge in [0.25, 0.3) is 0 Å². The lowest BCUT2D eigenvalue weighted by Gasteiger charge is -2.29. The fraction of sp³-hybridized carbons (Fsp3) is 0.462. The minimum Gasteiger partial charge on any atom is -0.622 e. The van der Waals surface area contributed by atoms with E-state index in [2.05, 4.69) is 0 Å². The molecule has 0 aromatic heterocycles. The molecule has 0 saturated heterocycles. The normalized spacial score (nSPS) is 22.6. The monoisotopic (exact) mass is 252 g/mol. The smallest absolute Gasteiger partial charge is 0.245 e. The van der Waals surface area contributed by atoms with Crippen LogP contribution in [0, 0.1) is 11.0 Å². The molecule has 0 saturated carbocycles. The highest BCUT2D eigenvalue weighted by Gasteiger charge is 2.56. The first-order valence-electron chi connectivity index (χ1n) is 5.79. The van der Waals surface area contributed by atoms with Gasteiger partial charge in [-0.15, -0.1) is 5.06 Å². The summed E-state index contributed by atoms with van der Waals surface area (Å²) in [5.74, 6) is -0.354. The Balaban J connectivity index is 2.61. The highest BCUT2D eigenvalue weighted by Crippen LogP contribution is 2.34. The minimum atomic E-state index is -1.05. The van der Waals surface area contributed by atoms with Gasteiger partial charge < -0.3 is 10.4 Å². The topological polar surface area (TPSA) is 49.5 Å². The summed E-state index contributed by atoms with van der Waals surface area (Å²) in [6, 6.07) is 5.71. The zero-order chi connectivity index (χ0) is 13.7. The second-order valence-electron chi connectivity index (χ2n) is 5.52. The molecule has 0 atom stereocenters. The van der Waals surface area contributed by atoms with E-state index in [1.165, 1.54) is 12.1 Å². The zero-order valence-corrected chi connectivity index (χ0v) is 10.9. The van der Waals surface area contributed by atoms with Crippen molar-refractivity contribution in [2.45, 2.75) is 38.9 Å². The first kappa shape index (κ1) is 13.0.